The highest BCUT2D eigenvalue weighted by atomic mass is 19.1. The molecule has 1 unspecified atom stereocenters. The third-order valence-electron chi connectivity index (χ3n) is 1.50. The van der Waals surface area contributed by atoms with Crippen LogP contribution >= 0.6 is 0 Å². The Bertz CT molecular complexity index is 192. The van der Waals surface area contributed by atoms with E-state index in [-0.39, 0.29) is 0 Å². The third kappa shape index (κ3) is 2.18. The van der Waals surface area contributed by atoms with Gasteiger partial charge in [0.1, 0.15) is 0 Å². The molecule has 0 aromatic carbocycles. The predicted molar refractivity (Wildman–Crippen MR) is 36.0 cm³/mol. The summed E-state index contributed by atoms with van der Waals surface area (Å²) >= 11 is 0. The molecule has 0 radical (unpaired) electrons. The molecular formula is C7H9FO4. The van der Waals surface area contributed by atoms with Crippen LogP contribution in [-0.2, 0) is 19.1 Å². The fourth-order valence-corrected chi connectivity index (χ4v) is 0.949. The third-order valence-corrected chi connectivity index (χ3v) is 1.50. The minimum Gasteiger partial charge on any atom is -0.463 e. The minimum atomic E-state index is -1.20. The molecular weight excluding hydrogens is 167 g/mol. The van der Waals surface area contributed by atoms with Crippen LogP contribution in [0.4, 0.5) is 4.39 Å². The number of esters is 2. The summed E-state index contributed by atoms with van der Waals surface area (Å²) in [4.78, 5) is 21.2. The van der Waals surface area contributed by atoms with Gasteiger partial charge in [0.25, 0.3) is 0 Å². The molecule has 0 amide bonds. The van der Waals surface area contributed by atoms with Gasteiger partial charge in [-0.05, 0) is 12.8 Å². The number of cyclic esters (lactones) is 1. The second-order valence-corrected chi connectivity index (χ2v) is 2.42. The molecule has 1 fully saturated rings. The Kier molecular flexibility index (Phi) is 3.01. The second kappa shape index (κ2) is 4.04. The molecule has 0 N–H and O–H groups in total. The summed E-state index contributed by atoms with van der Waals surface area (Å²) in [7, 11) is 0. The van der Waals surface area contributed by atoms with Gasteiger partial charge in [0, 0.05) is 0 Å². The van der Waals surface area contributed by atoms with Crippen molar-refractivity contribution in [1.82, 2.24) is 0 Å². The summed E-state index contributed by atoms with van der Waals surface area (Å²) < 4.78 is 20.7. The minimum absolute atomic E-state index is 0.350. The van der Waals surface area contributed by atoms with Crippen molar-refractivity contribution in [2.75, 3.05) is 13.3 Å². The van der Waals surface area contributed by atoms with Gasteiger partial charge >= 0.3 is 11.9 Å². The van der Waals surface area contributed by atoms with E-state index in [9.17, 15) is 14.0 Å². The summed E-state index contributed by atoms with van der Waals surface area (Å²) in [5.74, 6) is -1.60. The number of alkyl halides is 1. The van der Waals surface area contributed by atoms with Gasteiger partial charge < -0.3 is 9.47 Å². The zero-order valence-corrected chi connectivity index (χ0v) is 6.42. The molecule has 0 aromatic rings. The van der Waals surface area contributed by atoms with Gasteiger partial charge in [0.15, 0.2) is 12.8 Å². The summed E-state index contributed by atoms with van der Waals surface area (Å²) in [6, 6.07) is 0. The number of hydrogen-bond donors (Lipinski definition) is 0. The van der Waals surface area contributed by atoms with Crippen molar-refractivity contribution < 1.29 is 23.5 Å². The summed E-state index contributed by atoms with van der Waals surface area (Å²) in [5, 5.41) is 0. The second-order valence-electron chi connectivity index (χ2n) is 2.42. The van der Waals surface area contributed by atoms with Crippen LogP contribution in [-0.4, -0.2) is 31.3 Å². The number of ether oxygens (including phenoxy) is 2. The average molecular weight is 176 g/mol. The zero-order valence-electron chi connectivity index (χ0n) is 6.42. The van der Waals surface area contributed by atoms with Gasteiger partial charge in [0.05, 0.1) is 6.61 Å². The van der Waals surface area contributed by atoms with Gasteiger partial charge in [-0.3, -0.25) is 0 Å². The van der Waals surface area contributed by atoms with Crippen molar-refractivity contribution >= 4 is 11.9 Å². The highest BCUT2D eigenvalue weighted by Crippen LogP contribution is 2.11. The van der Waals surface area contributed by atoms with Crippen LogP contribution in [0.2, 0.25) is 0 Å². The lowest BCUT2D eigenvalue weighted by Crippen LogP contribution is -2.33. The molecule has 0 spiro atoms. The van der Waals surface area contributed by atoms with Gasteiger partial charge in [-0.25, -0.2) is 14.0 Å². The molecule has 1 atom stereocenters. The lowest BCUT2D eigenvalue weighted by Gasteiger charge is -2.20. The molecule has 1 rings (SSSR count). The molecule has 1 saturated heterocycles. The average Bonchev–Trinajstić information content (AvgIpc) is 2.09. The van der Waals surface area contributed by atoms with Crippen molar-refractivity contribution in [3.63, 3.8) is 0 Å². The maximum atomic E-state index is 11.6. The molecule has 1 aliphatic heterocycles. The fourth-order valence-electron chi connectivity index (χ4n) is 0.949. The zero-order chi connectivity index (χ0) is 8.97. The Labute approximate surface area is 68.6 Å². The lowest BCUT2D eigenvalue weighted by molar-refractivity contribution is -0.173. The summed E-state index contributed by atoms with van der Waals surface area (Å²) in [5.41, 5.74) is 0. The van der Waals surface area contributed by atoms with E-state index in [0.29, 0.717) is 19.4 Å². The van der Waals surface area contributed by atoms with Crippen LogP contribution in [0, 0.1) is 0 Å². The highest BCUT2D eigenvalue weighted by Gasteiger charge is 2.27. The predicted octanol–water partition coefficient (Wildman–Crippen LogP) is 0.205. The van der Waals surface area contributed by atoms with E-state index in [4.69, 9.17) is 0 Å². The van der Waals surface area contributed by atoms with Crippen molar-refractivity contribution in [2.45, 2.75) is 18.9 Å². The maximum absolute atomic E-state index is 11.6. The first kappa shape index (κ1) is 8.96. The van der Waals surface area contributed by atoms with Crippen LogP contribution in [0.3, 0.4) is 0 Å². The number of carbonyl (C=O) groups excluding carboxylic acids is 2. The van der Waals surface area contributed by atoms with E-state index >= 15 is 0 Å². The molecule has 5 heteroatoms. The Balaban J connectivity index is 2.39. The number of hydrogen-bond acceptors (Lipinski definition) is 4. The van der Waals surface area contributed by atoms with E-state index in [1.54, 1.807) is 0 Å². The molecule has 68 valence electrons. The molecule has 0 saturated carbocycles. The molecule has 12 heavy (non-hydrogen) atoms. The van der Waals surface area contributed by atoms with Gasteiger partial charge in [-0.2, -0.15) is 0 Å². The van der Waals surface area contributed by atoms with Gasteiger partial charge in [-0.15, -0.1) is 0 Å². The Hall–Kier alpha value is -1.13. The van der Waals surface area contributed by atoms with Crippen LogP contribution in [0.25, 0.3) is 0 Å². The normalized spacial score (nSPS) is 23.1. The van der Waals surface area contributed by atoms with Crippen LogP contribution in [0.1, 0.15) is 12.8 Å². The van der Waals surface area contributed by atoms with E-state index in [1.807, 2.05) is 0 Å². The smallest absolute Gasteiger partial charge is 0.347 e. The first-order valence-corrected chi connectivity index (χ1v) is 3.66. The maximum Gasteiger partial charge on any atom is 0.347 e. The first-order chi connectivity index (χ1) is 5.74. The Morgan fingerprint density at radius 1 is 1.75 bits per heavy atom. The summed E-state index contributed by atoms with van der Waals surface area (Å²) in [6.07, 6.45) is 0.169. The van der Waals surface area contributed by atoms with Crippen molar-refractivity contribution in [3.05, 3.63) is 0 Å². The topological polar surface area (TPSA) is 52.6 Å². The van der Waals surface area contributed by atoms with Gasteiger partial charge in [0.2, 0.25) is 0 Å². The standard InChI is InChI=1S/C7H9FO4/c8-4-6(9)12-5-2-1-3-11-7(5)10/h5H,1-4H2. The quantitative estimate of drug-likeness (QED) is 0.564. The van der Waals surface area contributed by atoms with Crippen molar-refractivity contribution in [3.8, 4) is 0 Å². The fraction of sp³-hybridized carbons (Fsp3) is 0.714. The molecule has 0 aliphatic carbocycles. The highest BCUT2D eigenvalue weighted by molar-refractivity contribution is 5.80. The largest absolute Gasteiger partial charge is 0.463 e. The summed E-state index contributed by atoms with van der Waals surface area (Å²) in [6.45, 7) is -0.855. The lowest BCUT2D eigenvalue weighted by atomic mass is 10.1. The number of carbonyl (C=O) groups is 2. The monoisotopic (exact) mass is 176 g/mol. The molecule has 4 nitrogen and oxygen atoms in total. The molecule has 0 bridgehead atoms. The van der Waals surface area contributed by atoms with E-state index in [1.165, 1.54) is 0 Å². The van der Waals surface area contributed by atoms with E-state index < -0.39 is 24.7 Å². The first-order valence-electron chi connectivity index (χ1n) is 3.66. The van der Waals surface area contributed by atoms with Crippen LogP contribution in [0.15, 0.2) is 0 Å². The van der Waals surface area contributed by atoms with E-state index in [2.05, 4.69) is 9.47 Å². The van der Waals surface area contributed by atoms with Crippen LogP contribution < -0.4 is 0 Å². The van der Waals surface area contributed by atoms with Gasteiger partial charge in [-0.1, -0.05) is 0 Å². The Morgan fingerprint density at radius 3 is 3.08 bits per heavy atom. The van der Waals surface area contributed by atoms with E-state index in [0.717, 1.165) is 0 Å². The number of rotatable bonds is 2. The van der Waals surface area contributed by atoms with Crippen LogP contribution in [0.5, 0.6) is 0 Å². The number of halogens is 1. The molecule has 1 heterocycles. The SMILES string of the molecule is O=C(CF)OC1CCCOC1=O. The van der Waals surface area contributed by atoms with Crippen molar-refractivity contribution in [1.29, 1.82) is 0 Å². The van der Waals surface area contributed by atoms with Crippen molar-refractivity contribution in [2.24, 2.45) is 0 Å². The molecule has 1 aliphatic rings. The Morgan fingerprint density at radius 2 is 2.50 bits per heavy atom. The molecule has 0 aromatic heterocycles.